The van der Waals surface area contributed by atoms with Crippen molar-refractivity contribution in [1.29, 1.82) is 0 Å². The topological polar surface area (TPSA) is 57.3 Å². The summed E-state index contributed by atoms with van der Waals surface area (Å²) in [5, 5.41) is 1.22. The number of hydrogen-bond acceptors (Lipinski definition) is 4. The molecule has 0 N–H and O–H groups in total. The van der Waals surface area contributed by atoms with Gasteiger partial charge < -0.3 is 9.15 Å². The fraction of sp³-hybridized carbons (Fsp3) is 0.200. The number of nitrogens with zero attached hydrogens (tertiary/aromatic N) is 2. The lowest BCUT2D eigenvalue weighted by molar-refractivity contribution is 0.418. The second-order valence-electron chi connectivity index (χ2n) is 4.86. The Bertz CT molecular complexity index is 944. The Labute approximate surface area is 136 Å². The molecule has 7 heteroatoms. The summed E-state index contributed by atoms with van der Waals surface area (Å²) < 4.78 is 12.4. The molecule has 0 aliphatic carbocycles. The summed E-state index contributed by atoms with van der Waals surface area (Å²) in [5.41, 5.74) is 2.06. The van der Waals surface area contributed by atoms with Crippen molar-refractivity contribution in [3.8, 4) is 11.4 Å². The van der Waals surface area contributed by atoms with Gasteiger partial charge in [0.1, 0.15) is 17.7 Å². The lowest BCUT2D eigenvalue weighted by atomic mass is 10.1. The number of imidazole rings is 1. The molecule has 0 atom stereocenters. The zero-order chi connectivity index (χ0) is 16.0. The molecular weight excluding hydrogens is 327 g/mol. The van der Waals surface area contributed by atoms with Crippen molar-refractivity contribution in [2.45, 2.75) is 13.8 Å². The molecule has 5 nitrogen and oxygen atoms in total. The highest BCUT2D eigenvalue weighted by Crippen LogP contribution is 2.33. The minimum atomic E-state index is -0.376. The van der Waals surface area contributed by atoms with Crippen LogP contribution >= 0.6 is 23.2 Å². The van der Waals surface area contributed by atoms with E-state index in [1.54, 1.807) is 30.7 Å². The summed E-state index contributed by atoms with van der Waals surface area (Å²) in [7, 11) is 1.56. The molecule has 1 aromatic carbocycles. The standard InChI is InChI=1S/C15H12Cl2N2O3/c1-7-8(2)15(20)22-11-5-9(4-10(21-3)12(7)11)19-6-18-13(16)14(19)17/h4-6H,1-3H3. The zero-order valence-electron chi connectivity index (χ0n) is 12.1. The smallest absolute Gasteiger partial charge is 0.339 e. The van der Waals surface area contributed by atoms with E-state index in [4.69, 9.17) is 32.4 Å². The van der Waals surface area contributed by atoms with E-state index in [1.807, 2.05) is 6.92 Å². The maximum Gasteiger partial charge on any atom is 0.339 e. The first kappa shape index (κ1) is 14.9. The number of ether oxygens (including phenoxy) is 1. The molecule has 0 bridgehead atoms. The lowest BCUT2D eigenvalue weighted by Crippen LogP contribution is -2.07. The predicted molar refractivity (Wildman–Crippen MR) is 85.7 cm³/mol. The van der Waals surface area contributed by atoms with Crippen molar-refractivity contribution in [1.82, 2.24) is 9.55 Å². The van der Waals surface area contributed by atoms with Gasteiger partial charge in [0.15, 0.2) is 10.3 Å². The van der Waals surface area contributed by atoms with Gasteiger partial charge in [-0.05, 0) is 19.4 Å². The normalized spacial score (nSPS) is 11.1. The molecule has 0 spiro atoms. The molecule has 0 amide bonds. The molecule has 3 aromatic rings. The van der Waals surface area contributed by atoms with Crippen LogP contribution in [0.25, 0.3) is 16.7 Å². The van der Waals surface area contributed by atoms with E-state index >= 15 is 0 Å². The van der Waals surface area contributed by atoms with Gasteiger partial charge in [-0.1, -0.05) is 23.2 Å². The zero-order valence-corrected chi connectivity index (χ0v) is 13.6. The average Bonchev–Trinajstić information content (AvgIpc) is 2.83. The van der Waals surface area contributed by atoms with Crippen LogP contribution in [0.3, 0.4) is 0 Å². The molecule has 2 heterocycles. The average molecular weight is 339 g/mol. The molecular formula is C15H12Cl2N2O3. The number of aromatic nitrogens is 2. The van der Waals surface area contributed by atoms with Crippen molar-refractivity contribution >= 4 is 34.2 Å². The van der Waals surface area contributed by atoms with Crippen LogP contribution in [-0.2, 0) is 0 Å². The number of hydrogen-bond donors (Lipinski definition) is 0. The van der Waals surface area contributed by atoms with Gasteiger partial charge in [0.25, 0.3) is 0 Å². The molecule has 114 valence electrons. The van der Waals surface area contributed by atoms with Gasteiger partial charge >= 0.3 is 5.63 Å². The van der Waals surface area contributed by atoms with E-state index in [2.05, 4.69) is 4.98 Å². The highest BCUT2D eigenvalue weighted by molar-refractivity contribution is 6.40. The highest BCUT2D eigenvalue weighted by Gasteiger charge is 2.16. The number of rotatable bonds is 2. The van der Waals surface area contributed by atoms with Crippen LogP contribution in [0, 0.1) is 13.8 Å². The summed E-state index contributed by atoms with van der Waals surface area (Å²) in [6, 6.07) is 3.49. The summed E-state index contributed by atoms with van der Waals surface area (Å²) in [5.74, 6) is 0.581. The van der Waals surface area contributed by atoms with Crippen LogP contribution in [0.1, 0.15) is 11.1 Å². The predicted octanol–water partition coefficient (Wildman–Crippen LogP) is 3.91. The maximum absolute atomic E-state index is 11.9. The second-order valence-corrected chi connectivity index (χ2v) is 5.57. The monoisotopic (exact) mass is 338 g/mol. The fourth-order valence-electron chi connectivity index (χ4n) is 2.34. The third-order valence-corrected chi connectivity index (χ3v) is 4.40. The van der Waals surface area contributed by atoms with Crippen molar-refractivity contribution in [3.63, 3.8) is 0 Å². The SMILES string of the molecule is COc1cc(-n2cnc(Cl)c2Cl)cc2oc(=O)c(C)c(C)c12. The third kappa shape index (κ3) is 2.17. The van der Waals surface area contributed by atoms with Crippen molar-refractivity contribution in [2.24, 2.45) is 0 Å². The van der Waals surface area contributed by atoms with E-state index in [9.17, 15) is 4.79 Å². The first-order chi connectivity index (χ1) is 10.4. The first-order valence-corrected chi connectivity index (χ1v) is 7.20. The Kier molecular flexibility index (Phi) is 3.62. The number of fused-ring (bicyclic) bond motifs is 1. The minimum Gasteiger partial charge on any atom is -0.496 e. The van der Waals surface area contributed by atoms with Crippen molar-refractivity contribution in [3.05, 3.63) is 50.3 Å². The maximum atomic E-state index is 11.9. The highest BCUT2D eigenvalue weighted by atomic mass is 35.5. The third-order valence-electron chi connectivity index (χ3n) is 3.66. The summed E-state index contributed by atoms with van der Waals surface area (Å²) >= 11 is 12.0. The van der Waals surface area contributed by atoms with Gasteiger partial charge in [-0.15, -0.1) is 0 Å². The van der Waals surface area contributed by atoms with Crippen molar-refractivity contribution < 1.29 is 9.15 Å². The molecule has 0 aliphatic rings. The number of halogens is 2. The Morgan fingerprint density at radius 2 is 1.95 bits per heavy atom. The van der Waals surface area contributed by atoms with Gasteiger partial charge in [0, 0.05) is 17.7 Å². The second kappa shape index (κ2) is 5.34. The molecule has 0 fully saturated rings. The van der Waals surface area contributed by atoms with Crippen molar-refractivity contribution in [2.75, 3.05) is 7.11 Å². The van der Waals surface area contributed by atoms with E-state index < -0.39 is 0 Å². The Balaban J connectivity index is 2.39. The molecule has 0 aliphatic heterocycles. The van der Waals surface area contributed by atoms with E-state index in [1.165, 1.54) is 6.33 Å². The van der Waals surface area contributed by atoms with Gasteiger partial charge in [-0.2, -0.15) is 0 Å². The Morgan fingerprint density at radius 1 is 1.23 bits per heavy atom. The van der Waals surface area contributed by atoms with Gasteiger partial charge in [-0.3, -0.25) is 4.57 Å². The molecule has 3 rings (SSSR count). The summed E-state index contributed by atoms with van der Waals surface area (Å²) in [6.45, 7) is 3.58. The summed E-state index contributed by atoms with van der Waals surface area (Å²) in [4.78, 5) is 15.8. The molecule has 22 heavy (non-hydrogen) atoms. The van der Waals surface area contributed by atoms with E-state index in [-0.39, 0.29) is 15.9 Å². The van der Waals surface area contributed by atoms with Crippen LogP contribution in [0.5, 0.6) is 5.75 Å². The summed E-state index contributed by atoms with van der Waals surface area (Å²) in [6.07, 6.45) is 1.49. The Hall–Kier alpha value is -1.98. The Morgan fingerprint density at radius 3 is 2.55 bits per heavy atom. The molecule has 0 unspecified atom stereocenters. The fourth-order valence-corrected chi connectivity index (χ4v) is 2.66. The molecule has 2 aromatic heterocycles. The largest absolute Gasteiger partial charge is 0.496 e. The van der Waals surface area contributed by atoms with E-state index in [0.29, 0.717) is 22.6 Å². The number of aryl methyl sites for hydroxylation is 1. The van der Waals surface area contributed by atoms with E-state index in [0.717, 1.165) is 10.9 Å². The van der Waals surface area contributed by atoms with Crippen LogP contribution in [0.4, 0.5) is 0 Å². The van der Waals surface area contributed by atoms with Gasteiger partial charge in [-0.25, -0.2) is 9.78 Å². The molecule has 0 saturated carbocycles. The number of methoxy groups -OCH3 is 1. The molecule has 0 saturated heterocycles. The van der Waals surface area contributed by atoms with Crippen LogP contribution in [0.2, 0.25) is 10.3 Å². The van der Waals surface area contributed by atoms with Crippen LogP contribution < -0.4 is 10.4 Å². The lowest BCUT2D eigenvalue weighted by Gasteiger charge is -2.12. The molecule has 0 radical (unpaired) electrons. The quantitative estimate of drug-likeness (QED) is 0.664. The number of benzene rings is 1. The van der Waals surface area contributed by atoms with Gasteiger partial charge in [0.2, 0.25) is 0 Å². The first-order valence-electron chi connectivity index (χ1n) is 6.44. The van der Waals surface area contributed by atoms with Gasteiger partial charge in [0.05, 0.1) is 18.2 Å². The minimum absolute atomic E-state index is 0.197. The van der Waals surface area contributed by atoms with Crippen LogP contribution in [-0.4, -0.2) is 16.7 Å². The van der Waals surface area contributed by atoms with Crippen LogP contribution in [0.15, 0.2) is 27.7 Å².